The fourth-order valence-electron chi connectivity index (χ4n) is 1.52. The maximum Gasteiger partial charge on any atom is 0.379 e. The van der Waals surface area contributed by atoms with Crippen molar-refractivity contribution in [2.75, 3.05) is 12.8 Å². The molecule has 0 aromatic heterocycles. The Morgan fingerprint density at radius 2 is 1.84 bits per heavy atom. The number of aromatic hydroxyl groups is 1. The lowest BCUT2D eigenvalue weighted by atomic mass is 10.3. The number of phenolic OH excluding ortho intramolecular Hbond substituents is 1. The Morgan fingerprint density at radius 3 is 2.47 bits per heavy atom. The van der Waals surface area contributed by atoms with Gasteiger partial charge in [-0.2, -0.15) is 0 Å². The molecule has 5 heteroatoms. The summed E-state index contributed by atoms with van der Waals surface area (Å²) in [4.78, 5) is 0. The highest BCUT2D eigenvalue weighted by Gasteiger charge is 2.26. The Labute approximate surface area is 115 Å². The van der Waals surface area contributed by atoms with Gasteiger partial charge in [0.1, 0.15) is 0 Å². The van der Waals surface area contributed by atoms with E-state index in [1.54, 1.807) is 18.2 Å². The van der Waals surface area contributed by atoms with E-state index >= 15 is 0 Å². The van der Waals surface area contributed by atoms with Crippen molar-refractivity contribution >= 4 is 7.60 Å². The first kappa shape index (κ1) is 16.1. The van der Waals surface area contributed by atoms with E-state index in [4.69, 9.17) is 9.05 Å². The lowest BCUT2D eigenvalue weighted by molar-refractivity contribution is 0.257. The van der Waals surface area contributed by atoms with Crippen molar-refractivity contribution in [1.29, 1.82) is 0 Å². The van der Waals surface area contributed by atoms with Crippen LogP contribution in [0.15, 0.2) is 24.3 Å². The van der Waals surface area contributed by atoms with Gasteiger partial charge in [-0.15, -0.1) is 0 Å². The van der Waals surface area contributed by atoms with Gasteiger partial charge in [0.25, 0.3) is 0 Å². The van der Waals surface area contributed by atoms with E-state index in [2.05, 4.69) is 0 Å². The molecule has 1 aromatic rings. The van der Waals surface area contributed by atoms with Crippen molar-refractivity contribution in [2.45, 2.75) is 39.5 Å². The molecule has 0 fully saturated rings. The second-order valence-electron chi connectivity index (χ2n) is 4.43. The van der Waals surface area contributed by atoms with Gasteiger partial charge in [-0.25, -0.2) is 4.57 Å². The first-order valence-corrected chi connectivity index (χ1v) is 8.55. The van der Waals surface area contributed by atoms with E-state index in [0.717, 1.165) is 25.7 Å². The standard InChI is InChI=1S/C14H23O4P/c1-3-5-11-17-19(16,12-6-4-2)18-14-10-8-7-9-13(14)15/h7-10,15H,3-6,11-12H2,1-2H3. The Kier molecular flexibility index (Phi) is 6.96. The van der Waals surface area contributed by atoms with Gasteiger partial charge in [-0.1, -0.05) is 38.8 Å². The van der Waals surface area contributed by atoms with Crippen LogP contribution in [0, 0.1) is 0 Å². The predicted molar refractivity (Wildman–Crippen MR) is 77.0 cm³/mol. The van der Waals surface area contributed by atoms with Crippen LogP contribution >= 0.6 is 7.60 Å². The van der Waals surface area contributed by atoms with Crippen molar-refractivity contribution in [3.8, 4) is 11.5 Å². The van der Waals surface area contributed by atoms with Crippen LogP contribution in [0.3, 0.4) is 0 Å². The molecule has 0 radical (unpaired) electrons. The first-order valence-electron chi connectivity index (χ1n) is 6.82. The summed E-state index contributed by atoms with van der Waals surface area (Å²) in [6, 6.07) is 6.52. The number of phenols is 1. The lowest BCUT2D eigenvalue weighted by Crippen LogP contribution is -2.04. The summed E-state index contributed by atoms with van der Waals surface area (Å²) in [5, 5.41) is 9.67. The van der Waals surface area contributed by atoms with E-state index in [-0.39, 0.29) is 11.5 Å². The summed E-state index contributed by atoms with van der Waals surface area (Å²) in [5.41, 5.74) is 0. The van der Waals surface area contributed by atoms with Crippen LogP contribution in [0.5, 0.6) is 11.5 Å². The number of hydrogen-bond acceptors (Lipinski definition) is 4. The predicted octanol–water partition coefficient (Wildman–Crippen LogP) is 4.58. The van der Waals surface area contributed by atoms with Gasteiger partial charge in [-0.05, 0) is 25.0 Å². The maximum absolute atomic E-state index is 12.6. The van der Waals surface area contributed by atoms with Crippen LogP contribution < -0.4 is 4.52 Å². The SMILES string of the molecule is CCCCOP(=O)(CCCC)Oc1ccccc1O. The van der Waals surface area contributed by atoms with Crippen LogP contribution in [-0.2, 0) is 9.09 Å². The molecule has 0 saturated heterocycles. The molecule has 0 saturated carbocycles. The van der Waals surface area contributed by atoms with Crippen molar-refractivity contribution in [3.63, 3.8) is 0 Å². The zero-order valence-corrected chi connectivity index (χ0v) is 12.6. The van der Waals surface area contributed by atoms with E-state index in [1.165, 1.54) is 6.07 Å². The third-order valence-corrected chi connectivity index (χ3v) is 4.59. The lowest BCUT2D eigenvalue weighted by Gasteiger charge is -2.19. The molecule has 0 spiro atoms. The molecule has 19 heavy (non-hydrogen) atoms. The molecule has 1 aromatic carbocycles. The number of unbranched alkanes of at least 4 members (excludes halogenated alkanes) is 2. The third kappa shape index (κ3) is 5.66. The minimum atomic E-state index is -3.17. The second kappa shape index (κ2) is 8.23. The van der Waals surface area contributed by atoms with Gasteiger partial charge in [0.15, 0.2) is 11.5 Å². The fourth-order valence-corrected chi connectivity index (χ4v) is 3.36. The van der Waals surface area contributed by atoms with E-state index in [0.29, 0.717) is 12.8 Å². The normalized spacial score (nSPS) is 14.0. The van der Waals surface area contributed by atoms with E-state index < -0.39 is 7.60 Å². The molecule has 0 aliphatic heterocycles. The summed E-state index contributed by atoms with van der Waals surface area (Å²) in [5.74, 6) is 0.205. The largest absolute Gasteiger partial charge is 0.504 e. The van der Waals surface area contributed by atoms with Crippen LogP contribution in [0.1, 0.15) is 39.5 Å². The molecule has 4 nitrogen and oxygen atoms in total. The molecule has 0 aliphatic rings. The first-order chi connectivity index (χ1) is 9.11. The van der Waals surface area contributed by atoms with Gasteiger partial charge >= 0.3 is 7.60 Å². The van der Waals surface area contributed by atoms with Gasteiger partial charge in [0, 0.05) is 0 Å². The average molecular weight is 286 g/mol. The summed E-state index contributed by atoms with van der Waals surface area (Å²) in [6.45, 7) is 4.49. The third-order valence-electron chi connectivity index (χ3n) is 2.67. The summed E-state index contributed by atoms with van der Waals surface area (Å²) in [7, 11) is -3.17. The van der Waals surface area contributed by atoms with Crippen LogP contribution in [0.4, 0.5) is 0 Å². The molecule has 1 rings (SSSR count). The summed E-state index contributed by atoms with van der Waals surface area (Å²) < 4.78 is 23.5. The Hall–Kier alpha value is -0.990. The van der Waals surface area contributed by atoms with Crippen molar-refractivity contribution in [2.24, 2.45) is 0 Å². The number of hydrogen-bond donors (Lipinski definition) is 1. The van der Waals surface area contributed by atoms with Crippen molar-refractivity contribution in [1.82, 2.24) is 0 Å². The van der Waals surface area contributed by atoms with Gasteiger partial charge in [0.2, 0.25) is 0 Å². The number of rotatable bonds is 9. The Bertz CT molecular complexity index is 420. The maximum atomic E-state index is 12.6. The van der Waals surface area contributed by atoms with Crippen LogP contribution in [-0.4, -0.2) is 17.9 Å². The molecular weight excluding hydrogens is 263 g/mol. The smallest absolute Gasteiger partial charge is 0.379 e. The van der Waals surface area contributed by atoms with E-state index in [9.17, 15) is 9.67 Å². The minimum absolute atomic E-state index is 0.0154. The quantitative estimate of drug-likeness (QED) is 0.533. The topological polar surface area (TPSA) is 55.8 Å². The zero-order chi connectivity index (χ0) is 14.1. The fraction of sp³-hybridized carbons (Fsp3) is 0.571. The highest BCUT2D eigenvalue weighted by molar-refractivity contribution is 7.54. The number of benzene rings is 1. The molecule has 0 heterocycles. The minimum Gasteiger partial charge on any atom is -0.504 e. The average Bonchev–Trinajstić information content (AvgIpc) is 2.40. The second-order valence-corrected chi connectivity index (χ2v) is 6.54. The summed E-state index contributed by atoms with van der Waals surface area (Å²) in [6.07, 6.45) is 3.90. The Balaban J connectivity index is 2.73. The van der Waals surface area contributed by atoms with Crippen LogP contribution in [0.25, 0.3) is 0 Å². The van der Waals surface area contributed by atoms with Gasteiger partial charge in [0.05, 0.1) is 12.8 Å². The molecule has 0 bridgehead atoms. The highest BCUT2D eigenvalue weighted by atomic mass is 31.2. The Morgan fingerprint density at radius 1 is 1.16 bits per heavy atom. The molecule has 1 atom stereocenters. The van der Waals surface area contributed by atoms with Gasteiger partial charge in [-0.3, -0.25) is 4.52 Å². The molecular formula is C14H23O4P. The molecule has 1 N–H and O–H groups in total. The van der Waals surface area contributed by atoms with E-state index in [1.807, 2.05) is 13.8 Å². The number of para-hydroxylation sites is 2. The van der Waals surface area contributed by atoms with Gasteiger partial charge < -0.3 is 9.63 Å². The molecule has 0 amide bonds. The summed E-state index contributed by atoms with van der Waals surface area (Å²) >= 11 is 0. The van der Waals surface area contributed by atoms with Crippen molar-refractivity contribution in [3.05, 3.63) is 24.3 Å². The highest BCUT2D eigenvalue weighted by Crippen LogP contribution is 2.50. The zero-order valence-electron chi connectivity index (χ0n) is 11.7. The van der Waals surface area contributed by atoms with Crippen LogP contribution in [0.2, 0.25) is 0 Å². The molecule has 0 aliphatic carbocycles. The van der Waals surface area contributed by atoms with Crippen molar-refractivity contribution < 1.29 is 18.7 Å². The monoisotopic (exact) mass is 286 g/mol. The molecule has 108 valence electrons. The molecule has 1 unspecified atom stereocenters.